The summed E-state index contributed by atoms with van der Waals surface area (Å²) in [6, 6.07) is 12.4. The van der Waals surface area contributed by atoms with Gasteiger partial charge in [-0.1, -0.05) is 24.3 Å². The molecule has 3 rings (SSSR count). The first-order valence-corrected chi connectivity index (χ1v) is 9.53. The van der Waals surface area contributed by atoms with Gasteiger partial charge in [0.05, 0.1) is 17.6 Å². The summed E-state index contributed by atoms with van der Waals surface area (Å²) >= 11 is 3.64. The van der Waals surface area contributed by atoms with Crippen molar-refractivity contribution in [2.24, 2.45) is 0 Å². The van der Waals surface area contributed by atoms with E-state index in [4.69, 9.17) is 9.47 Å². The zero-order valence-electron chi connectivity index (χ0n) is 15.6. The number of benzene rings is 2. The van der Waals surface area contributed by atoms with Crippen LogP contribution in [0.25, 0.3) is 11.1 Å². The van der Waals surface area contributed by atoms with E-state index in [1.165, 1.54) is 11.1 Å². The van der Waals surface area contributed by atoms with Crippen LogP contribution in [0.3, 0.4) is 0 Å². The molecule has 1 aliphatic heterocycles. The number of hydrogen-bond donors (Lipinski definition) is 0. The van der Waals surface area contributed by atoms with Gasteiger partial charge in [0, 0.05) is 5.56 Å². The van der Waals surface area contributed by atoms with E-state index in [1.54, 1.807) is 4.90 Å². The molecule has 0 aliphatic carbocycles. The number of rotatable bonds is 1. The molecule has 0 unspecified atom stereocenters. The summed E-state index contributed by atoms with van der Waals surface area (Å²) in [6.45, 7) is 9.12. The van der Waals surface area contributed by atoms with Gasteiger partial charge in [-0.05, 0) is 72.4 Å². The molecule has 0 bridgehead atoms. The number of fused-ring (bicyclic) bond motifs is 1. The van der Waals surface area contributed by atoms with Crippen LogP contribution >= 0.6 is 15.9 Å². The Labute approximate surface area is 163 Å². The molecule has 1 aliphatic rings. The number of nitrogens with zero attached hydrogens (tertiary/aromatic N) is 1. The number of halogens is 1. The maximum Gasteiger partial charge on any atom is 0.410 e. The SMILES string of the molecule is Cc1ccccc1-c1cc(Br)c2c(c1)CN(C(=O)OC(C)(C)C)CCO2. The van der Waals surface area contributed by atoms with Crippen LogP contribution in [0.15, 0.2) is 40.9 Å². The summed E-state index contributed by atoms with van der Waals surface area (Å²) in [7, 11) is 0. The van der Waals surface area contributed by atoms with Gasteiger partial charge >= 0.3 is 6.09 Å². The van der Waals surface area contributed by atoms with E-state index in [2.05, 4.69) is 47.1 Å². The zero-order valence-corrected chi connectivity index (χ0v) is 17.2. The lowest BCUT2D eigenvalue weighted by Crippen LogP contribution is -2.37. The molecular formula is C21H24BrNO3. The van der Waals surface area contributed by atoms with Crippen molar-refractivity contribution in [2.75, 3.05) is 13.2 Å². The predicted molar refractivity (Wildman–Crippen MR) is 106 cm³/mol. The molecule has 0 saturated carbocycles. The van der Waals surface area contributed by atoms with E-state index < -0.39 is 5.60 Å². The number of amides is 1. The standard InChI is InChI=1S/C21H24BrNO3/c1-14-7-5-6-8-17(14)15-11-16-13-23(20(24)26-21(2,3)4)9-10-25-19(16)18(22)12-15/h5-8,11-12H,9-10,13H2,1-4H3. The Balaban J connectivity index is 1.95. The Morgan fingerprint density at radius 2 is 1.96 bits per heavy atom. The van der Waals surface area contributed by atoms with Crippen LogP contribution in [0.4, 0.5) is 4.79 Å². The van der Waals surface area contributed by atoms with E-state index in [0.717, 1.165) is 21.3 Å². The lowest BCUT2D eigenvalue weighted by molar-refractivity contribution is 0.0225. The van der Waals surface area contributed by atoms with Crippen molar-refractivity contribution in [2.45, 2.75) is 39.8 Å². The van der Waals surface area contributed by atoms with Crippen LogP contribution in [0.1, 0.15) is 31.9 Å². The molecule has 0 N–H and O–H groups in total. The zero-order chi connectivity index (χ0) is 18.9. The highest BCUT2D eigenvalue weighted by atomic mass is 79.9. The van der Waals surface area contributed by atoms with Gasteiger partial charge < -0.3 is 14.4 Å². The Morgan fingerprint density at radius 1 is 1.23 bits per heavy atom. The number of carbonyl (C=O) groups excluding carboxylic acids is 1. The molecule has 0 aromatic heterocycles. The van der Waals surface area contributed by atoms with Gasteiger partial charge in [-0.15, -0.1) is 0 Å². The summed E-state index contributed by atoms with van der Waals surface area (Å²) in [5.41, 5.74) is 3.93. The van der Waals surface area contributed by atoms with Crippen LogP contribution < -0.4 is 4.74 Å². The summed E-state index contributed by atoms with van der Waals surface area (Å²) in [6.07, 6.45) is -0.314. The molecule has 2 aromatic rings. The largest absolute Gasteiger partial charge is 0.490 e. The third-order valence-corrected chi connectivity index (χ3v) is 4.79. The van der Waals surface area contributed by atoms with Crippen LogP contribution in [0.5, 0.6) is 5.75 Å². The second kappa shape index (κ2) is 7.31. The molecule has 0 atom stereocenters. The van der Waals surface area contributed by atoms with Gasteiger partial charge in [0.1, 0.15) is 18.0 Å². The van der Waals surface area contributed by atoms with Crippen LogP contribution in [0, 0.1) is 6.92 Å². The highest BCUT2D eigenvalue weighted by Crippen LogP contribution is 2.37. The first-order chi connectivity index (χ1) is 12.2. The van der Waals surface area contributed by atoms with Gasteiger partial charge in [0.2, 0.25) is 0 Å². The molecule has 1 heterocycles. The summed E-state index contributed by atoms with van der Waals surface area (Å²) in [5.74, 6) is 0.799. The molecule has 138 valence electrons. The highest BCUT2D eigenvalue weighted by molar-refractivity contribution is 9.10. The number of ether oxygens (including phenoxy) is 2. The van der Waals surface area contributed by atoms with E-state index >= 15 is 0 Å². The molecule has 1 amide bonds. The molecule has 5 heteroatoms. The Morgan fingerprint density at radius 3 is 2.65 bits per heavy atom. The number of hydrogen-bond acceptors (Lipinski definition) is 3. The predicted octanol–water partition coefficient (Wildman–Crippen LogP) is 5.55. The lowest BCUT2D eigenvalue weighted by atomic mass is 9.98. The van der Waals surface area contributed by atoms with Crippen molar-refractivity contribution in [3.63, 3.8) is 0 Å². The van der Waals surface area contributed by atoms with Crippen molar-refractivity contribution < 1.29 is 14.3 Å². The van der Waals surface area contributed by atoms with E-state index in [9.17, 15) is 4.79 Å². The molecule has 0 fully saturated rings. The van der Waals surface area contributed by atoms with E-state index in [-0.39, 0.29) is 6.09 Å². The molecule has 2 aromatic carbocycles. The van der Waals surface area contributed by atoms with Crippen molar-refractivity contribution in [1.82, 2.24) is 4.90 Å². The molecule has 0 radical (unpaired) electrons. The molecule has 0 spiro atoms. The first-order valence-electron chi connectivity index (χ1n) is 8.74. The van der Waals surface area contributed by atoms with Crippen LogP contribution in [-0.2, 0) is 11.3 Å². The van der Waals surface area contributed by atoms with E-state index in [0.29, 0.717) is 19.7 Å². The van der Waals surface area contributed by atoms with Gasteiger partial charge in [0.15, 0.2) is 0 Å². The van der Waals surface area contributed by atoms with Crippen molar-refractivity contribution >= 4 is 22.0 Å². The Bertz CT molecular complexity index is 826. The monoisotopic (exact) mass is 417 g/mol. The maximum atomic E-state index is 12.5. The quantitative estimate of drug-likeness (QED) is 0.609. The summed E-state index contributed by atoms with van der Waals surface area (Å²) < 4.78 is 12.3. The minimum atomic E-state index is -0.517. The minimum absolute atomic E-state index is 0.314. The van der Waals surface area contributed by atoms with Crippen molar-refractivity contribution in [3.05, 3.63) is 52.0 Å². The molecule has 0 saturated heterocycles. The molecular weight excluding hydrogens is 394 g/mol. The fourth-order valence-corrected chi connectivity index (χ4v) is 3.62. The average molecular weight is 418 g/mol. The summed E-state index contributed by atoms with van der Waals surface area (Å²) in [5, 5.41) is 0. The third kappa shape index (κ3) is 4.21. The first kappa shape index (κ1) is 18.8. The molecule has 4 nitrogen and oxygen atoms in total. The third-order valence-electron chi connectivity index (χ3n) is 4.20. The Hall–Kier alpha value is -2.01. The summed E-state index contributed by atoms with van der Waals surface area (Å²) in [4.78, 5) is 14.2. The maximum absolute atomic E-state index is 12.5. The second-order valence-corrected chi connectivity index (χ2v) is 8.37. The number of carbonyl (C=O) groups is 1. The van der Waals surface area contributed by atoms with Gasteiger partial charge in [-0.25, -0.2) is 4.79 Å². The number of aryl methyl sites for hydroxylation is 1. The molecule has 26 heavy (non-hydrogen) atoms. The normalized spacial score (nSPS) is 14.3. The van der Waals surface area contributed by atoms with Crippen LogP contribution in [0.2, 0.25) is 0 Å². The van der Waals surface area contributed by atoms with Crippen molar-refractivity contribution in [3.8, 4) is 16.9 Å². The smallest absolute Gasteiger partial charge is 0.410 e. The minimum Gasteiger partial charge on any atom is -0.490 e. The lowest BCUT2D eigenvalue weighted by Gasteiger charge is -2.26. The fraction of sp³-hybridized carbons (Fsp3) is 0.381. The topological polar surface area (TPSA) is 38.8 Å². The van der Waals surface area contributed by atoms with Gasteiger partial charge in [-0.3, -0.25) is 0 Å². The second-order valence-electron chi connectivity index (χ2n) is 7.51. The van der Waals surface area contributed by atoms with Crippen molar-refractivity contribution in [1.29, 1.82) is 0 Å². The van der Waals surface area contributed by atoms with Gasteiger partial charge in [0.25, 0.3) is 0 Å². The van der Waals surface area contributed by atoms with E-state index in [1.807, 2.05) is 32.9 Å². The van der Waals surface area contributed by atoms with Gasteiger partial charge in [-0.2, -0.15) is 0 Å². The van der Waals surface area contributed by atoms with Crippen LogP contribution in [-0.4, -0.2) is 29.7 Å². The Kier molecular flexibility index (Phi) is 5.28. The fourth-order valence-electron chi connectivity index (χ4n) is 3.01. The average Bonchev–Trinajstić information content (AvgIpc) is 2.76. The highest BCUT2D eigenvalue weighted by Gasteiger charge is 2.26.